The minimum Gasteiger partial charge on any atom is -0.473 e. The Bertz CT molecular complexity index is 487. The van der Waals surface area contributed by atoms with Crippen molar-refractivity contribution in [2.75, 3.05) is 7.11 Å². The van der Waals surface area contributed by atoms with Gasteiger partial charge in [0.25, 0.3) is 5.19 Å². The van der Waals surface area contributed by atoms with E-state index in [2.05, 4.69) is 4.98 Å². The van der Waals surface area contributed by atoms with Crippen LogP contribution in [-0.4, -0.2) is 17.9 Å². The van der Waals surface area contributed by atoms with Crippen LogP contribution < -0.4 is 4.74 Å². The Morgan fingerprint density at radius 3 is 2.73 bits per heavy atom. The van der Waals surface area contributed by atoms with Crippen LogP contribution in [0.4, 0.5) is 0 Å². The van der Waals surface area contributed by atoms with Crippen LogP contribution in [0.3, 0.4) is 0 Å². The number of ether oxygens (including phenoxy) is 1. The van der Waals surface area contributed by atoms with Crippen molar-refractivity contribution in [3.63, 3.8) is 0 Å². The Labute approximate surface area is 95.4 Å². The average molecular weight is 239 g/mol. The van der Waals surface area contributed by atoms with E-state index in [1.165, 1.54) is 22.7 Å². The van der Waals surface area contributed by atoms with E-state index < -0.39 is 0 Å². The lowest BCUT2D eigenvalue weighted by Gasteiger charge is -1.91. The smallest absolute Gasteiger partial charge is 0.273 e. The third kappa shape index (κ3) is 2.08. The Morgan fingerprint density at radius 1 is 1.40 bits per heavy atom. The monoisotopic (exact) mass is 239 g/mol. The van der Waals surface area contributed by atoms with Crippen LogP contribution in [-0.2, 0) is 0 Å². The van der Waals surface area contributed by atoms with Gasteiger partial charge in [0.05, 0.1) is 12.0 Å². The first-order valence-corrected chi connectivity index (χ1v) is 6.06. The van der Waals surface area contributed by atoms with Crippen LogP contribution in [0.25, 0.3) is 0 Å². The van der Waals surface area contributed by atoms with E-state index in [4.69, 9.17) is 4.74 Å². The molecule has 0 bridgehead atoms. The minimum atomic E-state index is -0.0346. The molecular weight excluding hydrogens is 230 g/mol. The fraction of sp³-hybridized carbons (Fsp3) is 0.200. The zero-order valence-electron chi connectivity index (χ0n) is 8.31. The first-order chi connectivity index (χ1) is 7.20. The molecule has 2 rings (SSSR count). The summed E-state index contributed by atoms with van der Waals surface area (Å²) in [5, 5.41) is 4.19. The summed E-state index contributed by atoms with van der Waals surface area (Å²) in [6.45, 7) is 1.97. The maximum atomic E-state index is 11.9. The molecule has 0 N–H and O–H groups in total. The SMILES string of the molecule is COc1nc(C(=O)c2cc(C)cs2)cs1. The Hall–Kier alpha value is -1.20. The first kappa shape index (κ1) is 10.3. The van der Waals surface area contributed by atoms with Gasteiger partial charge in [0.2, 0.25) is 5.78 Å². The number of hydrogen-bond donors (Lipinski definition) is 0. The normalized spacial score (nSPS) is 10.3. The van der Waals surface area contributed by atoms with Gasteiger partial charge in [-0.25, -0.2) is 0 Å². The Kier molecular flexibility index (Phi) is 2.83. The molecule has 78 valence electrons. The van der Waals surface area contributed by atoms with Crippen molar-refractivity contribution in [1.29, 1.82) is 0 Å². The number of hydrogen-bond acceptors (Lipinski definition) is 5. The predicted molar refractivity (Wildman–Crippen MR) is 61.2 cm³/mol. The third-order valence-corrected chi connectivity index (χ3v) is 3.69. The van der Waals surface area contributed by atoms with E-state index in [0.29, 0.717) is 10.9 Å². The molecule has 0 saturated heterocycles. The fourth-order valence-corrected chi connectivity index (χ4v) is 2.60. The van der Waals surface area contributed by atoms with Gasteiger partial charge in [-0.15, -0.1) is 11.3 Å². The van der Waals surface area contributed by atoms with Gasteiger partial charge in [0.15, 0.2) is 0 Å². The number of carbonyl (C=O) groups excluding carboxylic acids is 1. The topological polar surface area (TPSA) is 39.2 Å². The average Bonchev–Trinajstić information content (AvgIpc) is 2.84. The summed E-state index contributed by atoms with van der Waals surface area (Å²) in [6.07, 6.45) is 0. The van der Waals surface area contributed by atoms with Gasteiger partial charge in [-0.3, -0.25) is 4.79 Å². The maximum absolute atomic E-state index is 11.9. The molecule has 0 aliphatic carbocycles. The molecule has 0 atom stereocenters. The van der Waals surface area contributed by atoms with Crippen LogP contribution in [0.5, 0.6) is 5.19 Å². The van der Waals surface area contributed by atoms with Gasteiger partial charge in [-0.2, -0.15) is 4.98 Å². The summed E-state index contributed by atoms with van der Waals surface area (Å²) in [4.78, 5) is 16.7. The summed E-state index contributed by atoms with van der Waals surface area (Å²) in [6, 6.07) is 1.87. The highest BCUT2D eigenvalue weighted by Gasteiger charge is 2.14. The molecule has 2 aromatic heterocycles. The number of methoxy groups -OCH3 is 1. The van der Waals surface area contributed by atoms with Gasteiger partial charge >= 0.3 is 0 Å². The lowest BCUT2D eigenvalue weighted by atomic mass is 10.2. The molecule has 0 aliphatic heterocycles. The van der Waals surface area contributed by atoms with Gasteiger partial charge in [0.1, 0.15) is 5.69 Å². The molecule has 5 heteroatoms. The molecule has 0 aliphatic rings. The summed E-state index contributed by atoms with van der Waals surface area (Å²) in [5.74, 6) is -0.0346. The van der Waals surface area contributed by atoms with Crippen LogP contribution in [0.1, 0.15) is 20.9 Å². The Morgan fingerprint density at radius 2 is 2.20 bits per heavy atom. The quantitative estimate of drug-likeness (QED) is 0.773. The lowest BCUT2D eigenvalue weighted by molar-refractivity contribution is 0.103. The predicted octanol–water partition coefficient (Wildman–Crippen LogP) is 2.75. The number of thiophene rings is 1. The number of thiazole rings is 1. The molecule has 3 nitrogen and oxygen atoms in total. The van der Waals surface area contributed by atoms with Crippen molar-refractivity contribution in [2.24, 2.45) is 0 Å². The second-order valence-corrected chi connectivity index (χ2v) is 4.75. The summed E-state index contributed by atoms with van der Waals surface area (Å²) in [5.41, 5.74) is 1.56. The van der Waals surface area contributed by atoms with Crippen LogP contribution in [0.2, 0.25) is 0 Å². The highest BCUT2D eigenvalue weighted by atomic mass is 32.1. The van der Waals surface area contributed by atoms with Crippen molar-refractivity contribution in [2.45, 2.75) is 6.92 Å². The molecule has 0 unspecified atom stereocenters. The number of carbonyl (C=O) groups is 1. The number of aromatic nitrogens is 1. The van der Waals surface area contributed by atoms with Gasteiger partial charge in [0, 0.05) is 5.38 Å². The van der Waals surface area contributed by atoms with E-state index >= 15 is 0 Å². The maximum Gasteiger partial charge on any atom is 0.273 e. The molecular formula is C10H9NO2S2. The fourth-order valence-electron chi connectivity index (χ4n) is 1.13. The zero-order chi connectivity index (χ0) is 10.8. The molecule has 0 fully saturated rings. The van der Waals surface area contributed by atoms with Crippen molar-refractivity contribution in [3.8, 4) is 5.19 Å². The molecule has 2 heterocycles. The standard InChI is InChI=1S/C10H9NO2S2/c1-6-3-8(14-4-6)9(12)7-5-15-10(11-7)13-2/h3-5H,1-2H3. The van der Waals surface area contributed by atoms with Crippen LogP contribution in [0.15, 0.2) is 16.8 Å². The van der Waals surface area contributed by atoms with Crippen molar-refractivity contribution >= 4 is 28.5 Å². The number of aryl methyl sites for hydroxylation is 1. The van der Waals surface area contributed by atoms with E-state index in [9.17, 15) is 4.79 Å². The van der Waals surface area contributed by atoms with Crippen molar-refractivity contribution < 1.29 is 9.53 Å². The zero-order valence-corrected chi connectivity index (χ0v) is 9.95. The highest BCUT2D eigenvalue weighted by molar-refractivity contribution is 7.13. The van der Waals surface area contributed by atoms with Crippen molar-refractivity contribution in [3.05, 3.63) is 33.0 Å². The van der Waals surface area contributed by atoms with Crippen LogP contribution >= 0.6 is 22.7 Å². The van der Waals surface area contributed by atoms with Crippen molar-refractivity contribution in [1.82, 2.24) is 4.98 Å². The summed E-state index contributed by atoms with van der Waals surface area (Å²) >= 11 is 2.77. The van der Waals surface area contributed by atoms with Gasteiger partial charge in [-0.05, 0) is 23.9 Å². The number of nitrogens with zero attached hydrogens (tertiary/aromatic N) is 1. The summed E-state index contributed by atoms with van der Waals surface area (Å²) < 4.78 is 4.94. The second-order valence-electron chi connectivity index (χ2n) is 3.02. The molecule has 0 spiro atoms. The molecule has 15 heavy (non-hydrogen) atoms. The highest BCUT2D eigenvalue weighted by Crippen LogP contribution is 2.22. The van der Waals surface area contributed by atoms with Crippen LogP contribution in [0, 0.1) is 6.92 Å². The Balaban J connectivity index is 2.28. The lowest BCUT2D eigenvalue weighted by Crippen LogP contribution is -1.98. The van der Waals surface area contributed by atoms with E-state index in [1.54, 1.807) is 12.5 Å². The largest absolute Gasteiger partial charge is 0.473 e. The van der Waals surface area contributed by atoms with E-state index in [-0.39, 0.29) is 5.78 Å². The van der Waals surface area contributed by atoms with Gasteiger partial charge < -0.3 is 4.74 Å². The third-order valence-electron chi connectivity index (χ3n) is 1.84. The molecule has 2 aromatic rings. The minimum absolute atomic E-state index is 0.0346. The second kappa shape index (κ2) is 4.12. The van der Waals surface area contributed by atoms with E-state index in [1.807, 2.05) is 18.4 Å². The molecule has 0 radical (unpaired) electrons. The molecule has 0 aromatic carbocycles. The molecule has 0 saturated carbocycles. The number of rotatable bonds is 3. The molecule has 0 amide bonds. The first-order valence-electron chi connectivity index (χ1n) is 4.30. The van der Waals surface area contributed by atoms with E-state index in [0.717, 1.165) is 10.4 Å². The number of ketones is 1. The summed E-state index contributed by atoms with van der Waals surface area (Å²) in [7, 11) is 1.54. The van der Waals surface area contributed by atoms with Gasteiger partial charge in [-0.1, -0.05) is 11.3 Å².